The van der Waals surface area contributed by atoms with E-state index >= 15 is 0 Å². The van der Waals surface area contributed by atoms with E-state index in [1.165, 1.54) is 0 Å². The quantitative estimate of drug-likeness (QED) is 0.813. The van der Waals surface area contributed by atoms with E-state index in [0.29, 0.717) is 13.2 Å². The Bertz CT molecular complexity index is 671. The fraction of sp³-hybridized carbons (Fsp3) is 0.444. The Morgan fingerprint density at radius 1 is 1.29 bits per heavy atom. The Labute approximate surface area is 142 Å². The van der Waals surface area contributed by atoms with Crippen molar-refractivity contribution in [3.8, 4) is 5.75 Å². The molecule has 1 aliphatic heterocycles. The number of hydrogen-bond acceptors (Lipinski definition) is 4. The van der Waals surface area contributed by atoms with Crippen LogP contribution in [0.2, 0.25) is 0 Å². The van der Waals surface area contributed by atoms with Crippen LogP contribution in [0.5, 0.6) is 5.75 Å². The number of likely N-dealkylation sites (N-methyl/N-ethyl adjacent to an activating group) is 1. The summed E-state index contributed by atoms with van der Waals surface area (Å²) in [5, 5.41) is 4.36. The van der Waals surface area contributed by atoms with E-state index < -0.39 is 0 Å². The Morgan fingerprint density at radius 3 is 2.79 bits per heavy atom. The van der Waals surface area contributed by atoms with Crippen molar-refractivity contribution in [3.05, 3.63) is 42.6 Å². The lowest BCUT2D eigenvalue weighted by Gasteiger charge is -2.35. The highest BCUT2D eigenvalue weighted by molar-refractivity contribution is 5.97. The summed E-state index contributed by atoms with van der Waals surface area (Å²) in [5.74, 6) is 1.72. The van der Waals surface area contributed by atoms with Crippen LogP contribution in [-0.2, 0) is 11.8 Å². The predicted molar refractivity (Wildman–Crippen MR) is 93.2 cm³/mol. The number of carbonyl (C=O) groups excluding carboxylic acids is 1. The van der Waals surface area contributed by atoms with Crippen molar-refractivity contribution in [2.75, 3.05) is 31.6 Å². The van der Waals surface area contributed by atoms with Gasteiger partial charge in [-0.15, -0.1) is 0 Å². The molecule has 6 nitrogen and oxygen atoms in total. The van der Waals surface area contributed by atoms with Crippen LogP contribution >= 0.6 is 0 Å². The first kappa shape index (κ1) is 16.5. The zero-order valence-electron chi connectivity index (χ0n) is 14.3. The van der Waals surface area contributed by atoms with Gasteiger partial charge in [0.25, 0.3) is 0 Å². The molecule has 0 unspecified atom stereocenters. The van der Waals surface area contributed by atoms with Crippen LogP contribution < -0.4 is 9.64 Å². The van der Waals surface area contributed by atoms with Gasteiger partial charge in [-0.25, -0.2) is 0 Å². The summed E-state index contributed by atoms with van der Waals surface area (Å²) < 4.78 is 7.46. The van der Waals surface area contributed by atoms with Gasteiger partial charge in [0, 0.05) is 32.4 Å². The lowest BCUT2D eigenvalue weighted by atomic mass is 10.0. The number of amides is 1. The SMILES string of the molecule is CN(CCOc1ccccc1)[C@H]1CCCN(c2ccn(C)n2)C1=O. The minimum atomic E-state index is -0.111. The molecule has 0 aliphatic carbocycles. The van der Waals surface area contributed by atoms with Crippen LogP contribution in [0, 0.1) is 0 Å². The molecular weight excluding hydrogens is 304 g/mol. The highest BCUT2D eigenvalue weighted by Gasteiger charge is 2.33. The van der Waals surface area contributed by atoms with Crippen molar-refractivity contribution in [3.63, 3.8) is 0 Å². The maximum Gasteiger partial charge on any atom is 0.245 e. The summed E-state index contributed by atoms with van der Waals surface area (Å²) in [4.78, 5) is 16.7. The van der Waals surface area contributed by atoms with Gasteiger partial charge >= 0.3 is 0 Å². The molecule has 1 amide bonds. The van der Waals surface area contributed by atoms with E-state index in [-0.39, 0.29) is 11.9 Å². The van der Waals surface area contributed by atoms with E-state index in [2.05, 4.69) is 10.00 Å². The monoisotopic (exact) mass is 328 g/mol. The Balaban J connectivity index is 1.56. The molecule has 0 saturated carbocycles. The molecule has 1 aliphatic rings. The average Bonchev–Trinajstić information content (AvgIpc) is 3.02. The second-order valence-corrected chi connectivity index (χ2v) is 6.14. The summed E-state index contributed by atoms with van der Waals surface area (Å²) in [7, 11) is 3.85. The Kier molecular flexibility index (Phi) is 5.15. The predicted octanol–water partition coefficient (Wildman–Crippen LogP) is 1.93. The maximum atomic E-state index is 12.8. The molecule has 24 heavy (non-hydrogen) atoms. The van der Waals surface area contributed by atoms with Crippen LogP contribution in [0.25, 0.3) is 0 Å². The van der Waals surface area contributed by atoms with Crippen LogP contribution in [0.15, 0.2) is 42.6 Å². The zero-order chi connectivity index (χ0) is 16.9. The number of nitrogens with zero attached hydrogens (tertiary/aromatic N) is 4. The molecule has 1 aromatic carbocycles. The fourth-order valence-electron chi connectivity index (χ4n) is 3.02. The first-order valence-corrected chi connectivity index (χ1v) is 8.34. The van der Waals surface area contributed by atoms with Crippen LogP contribution in [0.1, 0.15) is 12.8 Å². The van der Waals surface area contributed by atoms with Crippen molar-refractivity contribution >= 4 is 11.7 Å². The number of ether oxygens (including phenoxy) is 1. The minimum absolute atomic E-state index is 0.111. The number of aryl methyl sites for hydroxylation is 1. The van der Waals surface area contributed by atoms with E-state index in [1.807, 2.05) is 56.7 Å². The first-order chi connectivity index (χ1) is 11.6. The maximum absolute atomic E-state index is 12.8. The van der Waals surface area contributed by atoms with Crippen LogP contribution in [0.3, 0.4) is 0 Å². The summed E-state index contributed by atoms with van der Waals surface area (Å²) in [6, 6.07) is 11.5. The third-order valence-electron chi connectivity index (χ3n) is 4.37. The van der Waals surface area contributed by atoms with Crippen molar-refractivity contribution in [1.29, 1.82) is 0 Å². The molecule has 3 rings (SSSR count). The number of rotatable bonds is 6. The minimum Gasteiger partial charge on any atom is -0.492 e. The van der Waals surface area contributed by atoms with Crippen molar-refractivity contribution in [1.82, 2.24) is 14.7 Å². The third-order valence-corrected chi connectivity index (χ3v) is 4.37. The normalized spacial score (nSPS) is 18.2. The molecule has 6 heteroatoms. The largest absolute Gasteiger partial charge is 0.492 e. The second-order valence-electron chi connectivity index (χ2n) is 6.14. The highest BCUT2D eigenvalue weighted by atomic mass is 16.5. The lowest BCUT2D eigenvalue weighted by molar-refractivity contribution is -0.125. The molecule has 0 radical (unpaired) electrons. The Hall–Kier alpha value is -2.34. The number of benzene rings is 1. The highest BCUT2D eigenvalue weighted by Crippen LogP contribution is 2.21. The number of anilines is 1. The molecule has 0 N–H and O–H groups in total. The lowest BCUT2D eigenvalue weighted by Crippen LogP contribution is -2.52. The molecule has 1 saturated heterocycles. The molecule has 128 valence electrons. The molecular formula is C18H24N4O2. The standard InChI is InChI=1S/C18H24N4O2/c1-20(13-14-24-15-7-4-3-5-8-15)16-9-6-11-22(18(16)23)17-10-12-21(2)19-17/h3-5,7-8,10,12,16H,6,9,11,13-14H2,1-2H3/t16-/m0/s1. The van der Waals surface area contributed by atoms with Gasteiger partial charge in [0.15, 0.2) is 5.82 Å². The van der Waals surface area contributed by atoms with Gasteiger partial charge in [-0.1, -0.05) is 18.2 Å². The number of aromatic nitrogens is 2. The number of carbonyl (C=O) groups is 1. The van der Waals surface area contributed by atoms with Crippen molar-refractivity contribution in [2.24, 2.45) is 7.05 Å². The number of piperidine rings is 1. The first-order valence-electron chi connectivity index (χ1n) is 8.34. The van der Waals surface area contributed by atoms with E-state index in [1.54, 1.807) is 9.58 Å². The second kappa shape index (κ2) is 7.49. The molecule has 2 aromatic rings. The zero-order valence-corrected chi connectivity index (χ0v) is 14.3. The summed E-state index contributed by atoms with van der Waals surface area (Å²) in [6.07, 6.45) is 3.73. The number of hydrogen-bond donors (Lipinski definition) is 0. The van der Waals surface area contributed by atoms with Gasteiger partial charge in [-0.2, -0.15) is 5.10 Å². The fourth-order valence-corrected chi connectivity index (χ4v) is 3.02. The van der Waals surface area contributed by atoms with Gasteiger partial charge in [0.2, 0.25) is 5.91 Å². The van der Waals surface area contributed by atoms with Gasteiger partial charge in [-0.05, 0) is 32.0 Å². The van der Waals surface area contributed by atoms with E-state index in [9.17, 15) is 4.79 Å². The van der Waals surface area contributed by atoms with Crippen molar-refractivity contribution < 1.29 is 9.53 Å². The Morgan fingerprint density at radius 2 is 2.08 bits per heavy atom. The molecule has 1 fully saturated rings. The summed E-state index contributed by atoms with van der Waals surface area (Å²) >= 11 is 0. The van der Waals surface area contributed by atoms with Crippen LogP contribution in [-0.4, -0.2) is 53.4 Å². The molecule has 0 bridgehead atoms. The topological polar surface area (TPSA) is 50.6 Å². The van der Waals surface area contributed by atoms with Gasteiger partial charge in [-0.3, -0.25) is 19.3 Å². The smallest absolute Gasteiger partial charge is 0.245 e. The summed E-state index contributed by atoms with van der Waals surface area (Å²) in [5.41, 5.74) is 0. The van der Waals surface area contributed by atoms with Gasteiger partial charge in [0.1, 0.15) is 12.4 Å². The van der Waals surface area contributed by atoms with Gasteiger partial charge in [0.05, 0.1) is 6.04 Å². The van der Waals surface area contributed by atoms with E-state index in [4.69, 9.17) is 4.74 Å². The molecule has 1 atom stereocenters. The molecule has 1 aromatic heterocycles. The van der Waals surface area contributed by atoms with Crippen molar-refractivity contribution in [2.45, 2.75) is 18.9 Å². The molecule has 2 heterocycles. The molecule has 0 spiro atoms. The number of para-hydroxylation sites is 1. The van der Waals surface area contributed by atoms with Gasteiger partial charge < -0.3 is 4.74 Å². The summed E-state index contributed by atoms with van der Waals surface area (Å²) in [6.45, 7) is 2.01. The average molecular weight is 328 g/mol. The van der Waals surface area contributed by atoms with E-state index in [0.717, 1.165) is 31.0 Å². The third kappa shape index (κ3) is 3.76. The van der Waals surface area contributed by atoms with Crippen LogP contribution in [0.4, 0.5) is 5.82 Å².